The van der Waals surface area contributed by atoms with Gasteiger partial charge in [0.1, 0.15) is 12.4 Å². The third-order valence-electron chi connectivity index (χ3n) is 1.93. The molecule has 0 spiro atoms. The van der Waals surface area contributed by atoms with Gasteiger partial charge < -0.3 is 4.74 Å². The SMILES string of the molecule is CC/C(C=O)=C\C1CCC=CO1. The van der Waals surface area contributed by atoms with E-state index in [2.05, 4.69) is 0 Å². The number of aldehydes is 1. The Morgan fingerprint density at radius 2 is 2.58 bits per heavy atom. The van der Waals surface area contributed by atoms with Crippen LogP contribution in [-0.4, -0.2) is 12.4 Å². The van der Waals surface area contributed by atoms with Gasteiger partial charge in [0, 0.05) is 0 Å². The first-order valence-electron chi connectivity index (χ1n) is 4.33. The third-order valence-corrected chi connectivity index (χ3v) is 1.93. The highest BCUT2D eigenvalue weighted by atomic mass is 16.5. The largest absolute Gasteiger partial charge is 0.494 e. The van der Waals surface area contributed by atoms with E-state index in [0.717, 1.165) is 31.1 Å². The summed E-state index contributed by atoms with van der Waals surface area (Å²) in [7, 11) is 0. The van der Waals surface area contributed by atoms with Crippen LogP contribution < -0.4 is 0 Å². The van der Waals surface area contributed by atoms with Gasteiger partial charge in [0.05, 0.1) is 6.26 Å². The van der Waals surface area contributed by atoms with Gasteiger partial charge in [-0.3, -0.25) is 4.79 Å². The first kappa shape index (κ1) is 9.04. The number of ether oxygens (including phenoxy) is 1. The average molecular weight is 166 g/mol. The Hall–Kier alpha value is -1.05. The second kappa shape index (κ2) is 4.75. The molecule has 0 aromatic carbocycles. The van der Waals surface area contributed by atoms with E-state index in [-0.39, 0.29) is 6.10 Å². The van der Waals surface area contributed by atoms with Crippen molar-refractivity contribution in [2.75, 3.05) is 0 Å². The van der Waals surface area contributed by atoms with E-state index in [4.69, 9.17) is 4.74 Å². The third kappa shape index (κ3) is 2.53. The van der Waals surface area contributed by atoms with Crippen LogP contribution in [0.2, 0.25) is 0 Å². The molecule has 0 fully saturated rings. The molecular formula is C10H14O2. The van der Waals surface area contributed by atoms with Crippen LogP contribution in [0.15, 0.2) is 24.0 Å². The molecule has 1 rings (SSSR count). The van der Waals surface area contributed by atoms with Crippen molar-refractivity contribution in [3.8, 4) is 0 Å². The zero-order valence-corrected chi connectivity index (χ0v) is 7.32. The summed E-state index contributed by atoms with van der Waals surface area (Å²) in [6, 6.07) is 0. The lowest BCUT2D eigenvalue weighted by molar-refractivity contribution is -0.105. The van der Waals surface area contributed by atoms with E-state index in [1.807, 2.05) is 19.1 Å². The molecule has 2 nitrogen and oxygen atoms in total. The van der Waals surface area contributed by atoms with Crippen molar-refractivity contribution in [3.05, 3.63) is 24.0 Å². The molecule has 66 valence electrons. The summed E-state index contributed by atoms with van der Waals surface area (Å²) in [6.07, 6.45) is 9.44. The smallest absolute Gasteiger partial charge is 0.145 e. The van der Waals surface area contributed by atoms with E-state index in [9.17, 15) is 4.79 Å². The van der Waals surface area contributed by atoms with Crippen LogP contribution in [-0.2, 0) is 9.53 Å². The Morgan fingerprint density at radius 3 is 3.08 bits per heavy atom. The summed E-state index contributed by atoms with van der Waals surface area (Å²) in [5, 5.41) is 0. The second-order valence-corrected chi connectivity index (χ2v) is 2.84. The molecule has 0 saturated carbocycles. The van der Waals surface area contributed by atoms with Gasteiger partial charge in [0.25, 0.3) is 0 Å². The van der Waals surface area contributed by atoms with Gasteiger partial charge in [-0.05, 0) is 37.0 Å². The topological polar surface area (TPSA) is 26.3 Å². The Balaban J connectivity index is 2.52. The fourth-order valence-electron chi connectivity index (χ4n) is 1.15. The Kier molecular flexibility index (Phi) is 3.58. The zero-order valence-electron chi connectivity index (χ0n) is 7.32. The van der Waals surface area contributed by atoms with Crippen LogP contribution in [0, 0.1) is 0 Å². The number of carbonyl (C=O) groups excluding carboxylic acids is 1. The van der Waals surface area contributed by atoms with Crippen LogP contribution in [0.3, 0.4) is 0 Å². The lowest BCUT2D eigenvalue weighted by Crippen LogP contribution is -2.10. The fraction of sp³-hybridized carbons (Fsp3) is 0.500. The quantitative estimate of drug-likeness (QED) is 0.474. The molecular weight excluding hydrogens is 152 g/mol. The second-order valence-electron chi connectivity index (χ2n) is 2.84. The lowest BCUT2D eigenvalue weighted by atomic mass is 10.1. The molecule has 1 heterocycles. The maximum atomic E-state index is 10.5. The zero-order chi connectivity index (χ0) is 8.81. The molecule has 1 aliphatic heterocycles. The summed E-state index contributed by atoms with van der Waals surface area (Å²) in [6.45, 7) is 1.97. The van der Waals surface area contributed by atoms with Gasteiger partial charge in [-0.2, -0.15) is 0 Å². The standard InChI is InChI=1S/C10H14O2/c1-2-9(8-11)7-10-5-3-4-6-12-10/h4,6-8,10H,2-3,5H2,1H3/b9-7+. The van der Waals surface area contributed by atoms with Gasteiger partial charge in [0.15, 0.2) is 0 Å². The van der Waals surface area contributed by atoms with E-state index >= 15 is 0 Å². The van der Waals surface area contributed by atoms with Gasteiger partial charge in [-0.25, -0.2) is 0 Å². The fourth-order valence-corrected chi connectivity index (χ4v) is 1.15. The van der Waals surface area contributed by atoms with Crippen LogP contribution in [0.4, 0.5) is 0 Å². The molecule has 1 aliphatic rings. The van der Waals surface area contributed by atoms with Crippen molar-refractivity contribution in [2.45, 2.75) is 32.3 Å². The van der Waals surface area contributed by atoms with E-state index < -0.39 is 0 Å². The minimum Gasteiger partial charge on any atom is -0.494 e. The van der Waals surface area contributed by atoms with Gasteiger partial charge in [-0.1, -0.05) is 6.92 Å². The van der Waals surface area contributed by atoms with Crippen LogP contribution in [0.1, 0.15) is 26.2 Å². The maximum Gasteiger partial charge on any atom is 0.145 e. The number of hydrogen-bond acceptors (Lipinski definition) is 2. The van der Waals surface area contributed by atoms with Crippen molar-refractivity contribution >= 4 is 6.29 Å². The molecule has 0 aromatic rings. The number of rotatable bonds is 3. The van der Waals surface area contributed by atoms with Crippen molar-refractivity contribution < 1.29 is 9.53 Å². The Labute approximate surface area is 72.9 Å². The molecule has 0 N–H and O–H groups in total. The molecule has 0 radical (unpaired) electrons. The van der Waals surface area contributed by atoms with E-state index in [1.54, 1.807) is 6.26 Å². The summed E-state index contributed by atoms with van der Waals surface area (Å²) in [4.78, 5) is 10.5. The summed E-state index contributed by atoms with van der Waals surface area (Å²) < 4.78 is 5.30. The van der Waals surface area contributed by atoms with Crippen molar-refractivity contribution in [1.82, 2.24) is 0 Å². The number of allylic oxidation sites excluding steroid dienone is 2. The van der Waals surface area contributed by atoms with Gasteiger partial charge in [0.2, 0.25) is 0 Å². The highest BCUT2D eigenvalue weighted by molar-refractivity contribution is 5.73. The summed E-state index contributed by atoms with van der Waals surface area (Å²) in [5.74, 6) is 0. The first-order valence-corrected chi connectivity index (χ1v) is 4.33. The summed E-state index contributed by atoms with van der Waals surface area (Å²) in [5.41, 5.74) is 0.829. The molecule has 2 heteroatoms. The number of hydrogen-bond donors (Lipinski definition) is 0. The van der Waals surface area contributed by atoms with Crippen molar-refractivity contribution in [3.63, 3.8) is 0 Å². The predicted molar refractivity (Wildman–Crippen MR) is 47.7 cm³/mol. The maximum absolute atomic E-state index is 10.5. The molecule has 0 aromatic heterocycles. The van der Waals surface area contributed by atoms with Gasteiger partial charge in [-0.15, -0.1) is 0 Å². The van der Waals surface area contributed by atoms with Crippen molar-refractivity contribution in [1.29, 1.82) is 0 Å². The molecule has 1 unspecified atom stereocenters. The Bertz CT molecular complexity index is 204. The number of carbonyl (C=O) groups is 1. The minimum absolute atomic E-state index is 0.107. The van der Waals surface area contributed by atoms with Crippen LogP contribution in [0.5, 0.6) is 0 Å². The average Bonchev–Trinajstić information content (AvgIpc) is 2.16. The summed E-state index contributed by atoms with van der Waals surface area (Å²) >= 11 is 0. The molecule has 0 amide bonds. The molecule has 0 aliphatic carbocycles. The van der Waals surface area contributed by atoms with E-state index in [0.29, 0.717) is 0 Å². The van der Waals surface area contributed by atoms with Crippen LogP contribution >= 0.6 is 0 Å². The molecule has 0 bridgehead atoms. The monoisotopic (exact) mass is 166 g/mol. The Morgan fingerprint density at radius 1 is 1.75 bits per heavy atom. The van der Waals surface area contributed by atoms with Gasteiger partial charge >= 0.3 is 0 Å². The highest BCUT2D eigenvalue weighted by Crippen LogP contribution is 2.13. The molecule has 1 atom stereocenters. The predicted octanol–water partition coefficient (Wildman–Crippen LogP) is 2.21. The minimum atomic E-state index is 0.107. The van der Waals surface area contributed by atoms with E-state index in [1.165, 1.54) is 0 Å². The van der Waals surface area contributed by atoms with Crippen molar-refractivity contribution in [2.24, 2.45) is 0 Å². The lowest BCUT2D eigenvalue weighted by Gasteiger charge is -2.15. The molecule has 0 saturated heterocycles. The molecule has 12 heavy (non-hydrogen) atoms. The van der Waals surface area contributed by atoms with Crippen LogP contribution in [0.25, 0.3) is 0 Å². The first-order chi connectivity index (χ1) is 5.86. The highest BCUT2D eigenvalue weighted by Gasteiger charge is 2.07. The normalized spacial score (nSPS) is 23.4.